The fraction of sp³-hybridized carbons (Fsp3) is 0.286. The molecule has 0 saturated carbocycles. The molecule has 0 aliphatic heterocycles. The number of rotatable bonds is 4. The summed E-state index contributed by atoms with van der Waals surface area (Å²) in [4.78, 5) is 11.9. The lowest BCUT2D eigenvalue weighted by molar-refractivity contribution is 0.0942. The molecule has 7 heteroatoms. The Bertz CT molecular complexity index is 682. The Hall–Kier alpha value is -2.44. The minimum absolute atomic E-state index is 0.142. The molecule has 0 spiro atoms. The molecule has 1 heterocycles. The Labute approximate surface area is 120 Å². The number of nitrogens with two attached hydrogens (primary N) is 1. The number of nitrogen functional groups attached to an aromatic ring is 1. The van der Waals surface area contributed by atoms with Crippen molar-refractivity contribution in [2.24, 2.45) is 7.05 Å². The zero-order chi connectivity index (χ0) is 15.6. The standard InChI is InChI=1S/C14H16F2N4O/c1-3-11-8(7-20(2)19-11)6-18-14(21)12-9(15)4-5-10(17)13(12)16/h4-5,7H,3,6,17H2,1-2H3,(H,18,21). The van der Waals surface area contributed by atoms with Crippen LogP contribution in [0, 0.1) is 11.6 Å². The van der Waals surface area contributed by atoms with E-state index in [2.05, 4.69) is 10.4 Å². The van der Waals surface area contributed by atoms with Gasteiger partial charge in [0.1, 0.15) is 11.4 Å². The van der Waals surface area contributed by atoms with E-state index in [1.54, 1.807) is 17.9 Å². The van der Waals surface area contributed by atoms with E-state index in [9.17, 15) is 13.6 Å². The zero-order valence-corrected chi connectivity index (χ0v) is 11.8. The van der Waals surface area contributed by atoms with Gasteiger partial charge in [0.2, 0.25) is 0 Å². The molecular formula is C14H16F2N4O. The van der Waals surface area contributed by atoms with Gasteiger partial charge in [-0.05, 0) is 18.6 Å². The topological polar surface area (TPSA) is 72.9 Å². The van der Waals surface area contributed by atoms with Crippen LogP contribution in [0.2, 0.25) is 0 Å². The molecule has 1 amide bonds. The van der Waals surface area contributed by atoms with Gasteiger partial charge in [-0.2, -0.15) is 5.10 Å². The fourth-order valence-electron chi connectivity index (χ4n) is 2.07. The highest BCUT2D eigenvalue weighted by molar-refractivity contribution is 5.95. The summed E-state index contributed by atoms with van der Waals surface area (Å²) in [6.07, 6.45) is 2.46. The Morgan fingerprint density at radius 1 is 1.43 bits per heavy atom. The molecular weight excluding hydrogens is 278 g/mol. The highest BCUT2D eigenvalue weighted by atomic mass is 19.1. The summed E-state index contributed by atoms with van der Waals surface area (Å²) in [6, 6.07) is 2.05. The number of aromatic nitrogens is 2. The van der Waals surface area contributed by atoms with Gasteiger partial charge in [-0.25, -0.2) is 8.78 Å². The lowest BCUT2D eigenvalue weighted by Gasteiger charge is -2.08. The first-order valence-electron chi connectivity index (χ1n) is 6.47. The monoisotopic (exact) mass is 294 g/mol. The Morgan fingerprint density at radius 2 is 2.14 bits per heavy atom. The number of carbonyl (C=O) groups excluding carboxylic acids is 1. The number of nitrogens with zero attached hydrogens (tertiary/aromatic N) is 2. The Balaban J connectivity index is 2.17. The lowest BCUT2D eigenvalue weighted by atomic mass is 10.1. The van der Waals surface area contributed by atoms with Crippen molar-refractivity contribution in [2.75, 3.05) is 5.73 Å². The molecule has 0 bridgehead atoms. The molecule has 1 aromatic carbocycles. The van der Waals surface area contributed by atoms with E-state index in [1.165, 1.54) is 0 Å². The van der Waals surface area contributed by atoms with E-state index in [1.807, 2.05) is 6.92 Å². The summed E-state index contributed by atoms with van der Waals surface area (Å²) in [5.74, 6) is -2.83. The minimum Gasteiger partial charge on any atom is -0.396 e. The van der Waals surface area contributed by atoms with Gasteiger partial charge in [-0.1, -0.05) is 6.92 Å². The van der Waals surface area contributed by atoms with E-state index in [0.717, 1.165) is 23.4 Å². The predicted octanol–water partition coefficient (Wildman–Crippen LogP) is 1.77. The van der Waals surface area contributed by atoms with Crippen molar-refractivity contribution in [3.63, 3.8) is 0 Å². The molecule has 5 nitrogen and oxygen atoms in total. The second kappa shape index (κ2) is 5.90. The summed E-state index contributed by atoms with van der Waals surface area (Å²) < 4.78 is 29.0. The summed E-state index contributed by atoms with van der Waals surface area (Å²) in [5, 5.41) is 6.71. The van der Waals surface area contributed by atoms with Crippen molar-refractivity contribution in [2.45, 2.75) is 19.9 Å². The fourth-order valence-corrected chi connectivity index (χ4v) is 2.07. The Kier molecular flexibility index (Phi) is 4.21. The molecule has 112 valence electrons. The maximum absolute atomic E-state index is 13.7. The third-order valence-corrected chi connectivity index (χ3v) is 3.11. The van der Waals surface area contributed by atoms with Crippen LogP contribution in [0.15, 0.2) is 18.3 Å². The van der Waals surface area contributed by atoms with Gasteiger partial charge in [0.15, 0.2) is 5.82 Å². The highest BCUT2D eigenvalue weighted by Crippen LogP contribution is 2.18. The van der Waals surface area contributed by atoms with E-state index in [0.29, 0.717) is 6.42 Å². The zero-order valence-electron chi connectivity index (χ0n) is 11.8. The van der Waals surface area contributed by atoms with E-state index < -0.39 is 23.1 Å². The number of nitrogens with one attached hydrogen (secondary N) is 1. The molecule has 0 aliphatic rings. The second-order valence-electron chi connectivity index (χ2n) is 4.64. The third-order valence-electron chi connectivity index (χ3n) is 3.11. The molecule has 3 N–H and O–H groups in total. The maximum atomic E-state index is 13.7. The van der Waals surface area contributed by atoms with E-state index >= 15 is 0 Å². The van der Waals surface area contributed by atoms with Crippen LogP contribution in [0.1, 0.15) is 28.5 Å². The molecule has 2 rings (SSSR count). The van der Waals surface area contributed by atoms with Gasteiger partial charge in [-0.15, -0.1) is 0 Å². The first-order valence-corrected chi connectivity index (χ1v) is 6.47. The normalized spacial score (nSPS) is 10.7. The van der Waals surface area contributed by atoms with Crippen molar-refractivity contribution in [1.82, 2.24) is 15.1 Å². The second-order valence-corrected chi connectivity index (χ2v) is 4.64. The van der Waals surface area contributed by atoms with Crippen molar-refractivity contribution in [1.29, 1.82) is 0 Å². The molecule has 0 unspecified atom stereocenters. The van der Waals surface area contributed by atoms with Gasteiger partial charge >= 0.3 is 0 Å². The molecule has 0 aliphatic carbocycles. The predicted molar refractivity (Wildman–Crippen MR) is 74.5 cm³/mol. The highest BCUT2D eigenvalue weighted by Gasteiger charge is 2.19. The van der Waals surface area contributed by atoms with Crippen LogP contribution in [0.4, 0.5) is 14.5 Å². The Morgan fingerprint density at radius 3 is 2.81 bits per heavy atom. The van der Waals surface area contributed by atoms with Crippen LogP contribution in [-0.2, 0) is 20.0 Å². The van der Waals surface area contributed by atoms with Crippen molar-refractivity contribution in [3.05, 3.63) is 46.8 Å². The summed E-state index contributed by atoms with van der Waals surface area (Å²) in [6.45, 7) is 2.08. The van der Waals surface area contributed by atoms with Gasteiger partial charge in [-0.3, -0.25) is 9.48 Å². The molecule has 1 aromatic heterocycles. The summed E-state index contributed by atoms with van der Waals surface area (Å²) in [7, 11) is 1.77. The van der Waals surface area contributed by atoms with Crippen LogP contribution in [0.5, 0.6) is 0 Å². The number of amides is 1. The first kappa shape index (κ1) is 15.0. The van der Waals surface area contributed by atoms with Crippen LogP contribution in [-0.4, -0.2) is 15.7 Å². The smallest absolute Gasteiger partial charge is 0.257 e. The van der Waals surface area contributed by atoms with E-state index in [4.69, 9.17) is 5.73 Å². The number of hydrogen-bond donors (Lipinski definition) is 2. The molecule has 0 saturated heterocycles. The summed E-state index contributed by atoms with van der Waals surface area (Å²) >= 11 is 0. The largest absolute Gasteiger partial charge is 0.396 e. The van der Waals surface area contributed by atoms with Crippen molar-refractivity contribution >= 4 is 11.6 Å². The van der Waals surface area contributed by atoms with Crippen LogP contribution in [0.25, 0.3) is 0 Å². The third kappa shape index (κ3) is 3.01. The summed E-state index contributed by atoms with van der Waals surface area (Å²) in [5.41, 5.74) is 6.04. The molecule has 21 heavy (non-hydrogen) atoms. The number of carbonyl (C=O) groups is 1. The number of hydrogen-bond acceptors (Lipinski definition) is 3. The number of anilines is 1. The average Bonchev–Trinajstić information content (AvgIpc) is 2.81. The van der Waals surface area contributed by atoms with Crippen molar-refractivity contribution in [3.8, 4) is 0 Å². The maximum Gasteiger partial charge on any atom is 0.257 e. The molecule has 0 fully saturated rings. The lowest BCUT2D eigenvalue weighted by Crippen LogP contribution is -2.25. The first-order chi connectivity index (χ1) is 9.93. The quantitative estimate of drug-likeness (QED) is 0.844. The van der Waals surface area contributed by atoms with Gasteiger partial charge in [0.25, 0.3) is 5.91 Å². The van der Waals surface area contributed by atoms with Gasteiger partial charge in [0, 0.05) is 25.4 Å². The number of aryl methyl sites for hydroxylation is 2. The van der Waals surface area contributed by atoms with Crippen molar-refractivity contribution < 1.29 is 13.6 Å². The van der Waals surface area contributed by atoms with Crippen LogP contribution in [0.3, 0.4) is 0 Å². The van der Waals surface area contributed by atoms with Crippen LogP contribution >= 0.6 is 0 Å². The average molecular weight is 294 g/mol. The number of benzene rings is 1. The molecule has 0 radical (unpaired) electrons. The van der Waals surface area contributed by atoms with E-state index in [-0.39, 0.29) is 12.2 Å². The molecule has 0 atom stereocenters. The SMILES string of the molecule is CCc1nn(C)cc1CNC(=O)c1c(F)ccc(N)c1F. The molecule has 2 aromatic rings. The van der Waals surface area contributed by atoms with Crippen LogP contribution < -0.4 is 11.1 Å². The van der Waals surface area contributed by atoms with Gasteiger partial charge < -0.3 is 11.1 Å². The number of halogens is 2. The van der Waals surface area contributed by atoms with Gasteiger partial charge in [0.05, 0.1) is 11.4 Å². The minimum atomic E-state index is -1.05.